The Kier molecular flexibility index (Phi) is 3.77. The summed E-state index contributed by atoms with van der Waals surface area (Å²) in [5.74, 6) is 0.614. The molecule has 14 heavy (non-hydrogen) atoms. The van der Waals surface area contributed by atoms with Crippen molar-refractivity contribution < 1.29 is 4.74 Å². The van der Waals surface area contributed by atoms with E-state index in [-0.39, 0.29) is 0 Å². The highest BCUT2D eigenvalue weighted by Crippen LogP contribution is 2.29. The molecule has 0 atom stereocenters. The molecule has 74 valence electrons. The molecule has 0 aliphatic rings. The number of rotatable bonds is 4. The van der Waals surface area contributed by atoms with Crippen LogP contribution in [0.4, 0.5) is 5.69 Å². The molecule has 1 aromatic rings. The average molecular weight is 207 g/mol. The van der Waals surface area contributed by atoms with Gasteiger partial charge < -0.3 is 4.74 Å². The standard InChI is InChI=1S/C11H13NOS/c1-8(13-3)10-7-9(14-4)5-6-11(10)12-2/h5-7H,1-2H2,3-4H3. The second-order valence-corrected chi connectivity index (χ2v) is 3.55. The topological polar surface area (TPSA) is 21.6 Å². The summed E-state index contributed by atoms with van der Waals surface area (Å²) in [4.78, 5) is 5.07. The second kappa shape index (κ2) is 4.86. The molecule has 0 N–H and O–H groups in total. The molecule has 0 radical (unpaired) electrons. The van der Waals surface area contributed by atoms with Crippen LogP contribution in [0.3, 0.4) is 0 Å². The molecule has 1 rings (SSSR count). The van der Waals surface area contributed by atoms with Gasteiger partial charge in [0, 0.05) is 10.5 Å². The Balaban J connectivity index is 3.21. The summed E-state index contributed by atoms with van der Waals surface area (Å²) in [5, 5.41) is 0. The van der Waals surface area contributed by atoms with Gasteiger partial charge in [-0.1, -0.05) is 6.58 Å². The van der Waals surface area contributed by atoms with E-state index in [1.54, 1.807) is 18.9 Å². The van der Waals surface area contributed by atoms with Crippen LogP contribution in [-0.4, -0.2) is 20.1 Å². The van der Waals surface area contributed by atoms with Gasteiger partial charge in [0.1, 0.15) is 5.76 Å². The summed E-state index contributed by atoms with van der Waals surface area (Å²) in [6.07, 6.45) is 2.02. The van der Waals surface area contributed by atoms with Gasteiger partial charge in [-0.05, 0) is 31.2 Å². The van der Waals surface area contributed by atoms with Gasteiger partial charge in [0.2, 0.25) is 0 Å². The Morgan fingerprint density at radius 1 is 1.50 bits per heavy atom. The van der Waals surface area contributed by atoms with Crippen molar-refractivity contribution in [1.82, 2.24) is 0 Å². The molecule has 0 amide bonds. The van der Waals surface area contributed by atoms with Crippen LogP contribution in [0, 0.1) is 0 Å². The Morgan fingerprint density at radius 3 is 2.71 bits per heavy atom. The Hall–Kier alpha value is -1.22. The SMILES string of the molecule is C=Nc1ccc(SC)cc1C(=C)OC. The maximum atomic E-state index is 5.09. The number of aliphatic imine (C=N–C) groups is 1. The summed E-state index contributed by atoms with van der Waals surface area (Å²) in [7, 11) is 1.60. The fraction of sp³-hybridized carbons (Fsp3) is 0.182. The number of nitrogens with zero attached hydrogens (tertiary/aromatic N) is 1. The first kappa shape index (κ1) is 10.9. The van der Waals surface area contributed by atoms with Crippen LogP contribution >= 0.6 is 11.8 Å². The van der Waals surface area contributed by atoms with Gasteiger partial charge in [0.15, 0.2) is 0 Å². The minimum absolute atomic E-state index is 0.614. The summed E-state index contributed by atoms with van der Waals surface area (Å²) in [6.45, 7) is 7.32. The Morgan fingerprint density at radius 2 is 2.21 bits per heavy atom. The molecule has 0 aliphatic carbocycles. The van der Waals surface area contributed by atoms with Crippen molar-refractivity contribution in [3.8, 4) is 0 Å². The van der Waals surface area contributed by atoms with Crippen LogP contribution in [0.1, 0.15) is 5.56 Å². The van der Waals surface area contributed by atoms with Gasteiger partial charge in [-0.2, -0.15) is 0 Å². The van der Waals surface area contributed by atoms with Crippen LogP contribution in [0.2, 0.25) is 0 Å². The third-order valence-corrected chi connectivity index (χ3v) is 2.65. The molecular weight excluding hydrogens is 194 g/mol. The molecular formula is C11H13NOS. The van der Waals surface area contributed by atoms with Crippen LogP contribution in [0.5, 0.6) is 0 Å². The van der Waals surface area contributed by atoms with E-state index >= 15 is 0 Å². The zero-order chi connectivity index (χ0) is 10.6. The first-order valence-electron chi connectivity index (χ1n) is 4.11. The van der Waals surface area contributed by atoms with Crippen molar-refractivity contribution >= 4 is 29.9 Å². The Labute approximate surface area is 88.7 Å². The third kappa shape index (κ3) is 2.17. The van der Waals surface area contributed by atoms with Crippen LogP contribution in [0.25, 0.3) is 5.76 Å². The smallest absolute Gasteiger partial charge is 0.121 e. The highest BCUT2D eigenvalue weighted by molar-refractivity contribution is 7.98. The van der Waals surface area contributed by atoms with Gasteiger partial charge in [-0.25, -0.2) is 0 Å². The zero-order valence-electron chi connectivity index (χ0n) is 8.41. The molecule has 0 heterocycles. The number of ether oxygens (including phenoxy) is 1. The van der Waals surface area contributed by atoms with Crippen LogP contribution in [-0.2, 0) is 4.74 Å². The summed E-state index contributed by atoms with van der Waals surface area (Å²) < 4.78 is 5.09. The lowest BCUT2D eigenvalue weighted by atomic mass is 10.1. The third-order valence-electron chi connectivity index (χ3n) is 1.92. The van der Waals surface area contributed by atoms with Crippen molar-refractivity contribution in [1.29, 1.82) is 0 Å². The summed E-state index contributed by atoms with van der Waals surface area (Å²) >= 11 is 1.67. The molecule has 0 saturated carbocycles. The molecule has 0 aromatic heterocycles. The van der Waals surface area contributed by atoms with Crippen molar-refractivity contribution in [2.75, 3.05) is 13.4 Å². The predicted molar refractivity (Wildman–Crippen MR) is 63.5 cm³/mol. The molecule has 0 unspecified atom stereocenters. The molecule has 0 saturated heterocycles. The number of thioether (sulfide) groups is 1. The van der Waals surface area contributed by atoms with Gasteiger partial charge >= 0.3 is 0 Å². The summed E-state index contributed by atoms with van der Waals surface area (Å²) in [5.41, 5.74) is 1.70. The minimum Gasteiger partial charge on any atom is -0.497 e. The van der Waals surface area contributed by atoms with Crippen molar-refractivity contribution in [2.24, 2.45) is 4.99 Å². The number of methoxy groups -OCH3 is 1. The quantitative estimate of drug-likeness (QED) is 0.429. The largest absolute Gasteiger partial charge is 0.497 e. The molecule has 3 heteroatoms. The van der Waals surface area contributed by atoms with E-state index in [1.165, 1.54) is 0 Å². The first-order chi connectivity index (χ1) is 6.72. The lowest BCUT2D eigenvalue weighted by Gasteiger charge is -2.08. The molecule has 1 aromatic carbocycles. The summed E-state index contributed by atoms with van der Waals surface area (Å²) in [6, 6.07) is 5.92. The van der Waals surface area contributed by atoms with E-state index < -0.39 is 0 Å². The van der Waals surface area contributed by atoms with Gasteiger partial charge in [0.25, 0.3) is 0 Å². The monoisotopic (exact) mass is 207 g/mol. The maximum absolute atomic E-state index is 5.09. The number of benzene rings is 1. The predicted octanol–water partition coefficient (Wildman–Crippen LogP) is 3.36. The lowest BCUT2D eigenvalue weighted by Crippen LogP contribution is -1.87. The molecule has 0 aliphatic heterocycles. The minimum atomic E-state index is 0.614. The average Bonchev–Trinajstić information content (AvgIpc) is 2.27. The van der Waals surface area contributed by atoms with E-state index in [0.29, 0.717) is 5.76 Å². The van der Waals surface area contributed by atoms with E-state index in [1.807, 2.05) is 24.5 Å². The normalized spacial score (nSPS) is 9.57. The van der Waals surface area contributed by atoms with Crippen molar-refractivity contribution in [3.63, 3.8) is 0 Å². The molecule has 0 spiro atoms. The number of hydrogen-bond acceptors (Lipinski definition) is 3. The van der Waals surface area contributed by atoms with E-state index in [2.05, 4.69) is 18.3 Å². The van der Waals surface area contributed by atoms with Gasteiger partial charge in [-0.3, -0.25) is 4.99 Å². The van der Waals surface area contributed by atoms with Gasteiger partial charge in [0.05, 0.1) is 12.8 Å². The van der Waals surface area contributed by atoms with E-state index in [9.17, 15) is 0 Å². The van der Waals surface area contributed by atoms with Crippen LogP contribution in [0.15, 0.2) is 34.7 Å². The maximum Gasteiger partial charge on any atom is 0.121 e. The van der Waals surface area contributed by atoms with E-state index in [0.717, 1.165) is 16.1 Å². The fourth-order valence-corrected chi connectivity index (χ4v) is 1.55. The lowest BCUT2D eigenvalue weighted by molar-refractivity contribution is 0.371. The molecule has 2 nitrogen and oxygen atoms in total. The first-order valence-corrected chi connectivity index (χ1v) is 5.33. The van der Waals surface area contributed by atoms with Gasteiger partial charge in [-0.15, -0.1) is 11.8 Å². The van der Waals surface area contributed by atoms with E-state index in [4.69, 9.17) is 4.74 Å². The highest BCUT2D eigenvalue weighted by atomic mass is 32.2. The molecule has 0 bridgehead atoms. The van der Waals surface area contributed by atoms with Crippen molar-refractivity contribution in [2.45, 2.75) is 4.90 Å². The Bertz CT molecular complexity index is 360. The second-order valence-electron chi connectivity index (χ2n) is 2.67. The highest BCUT2D eigenvalue weighted by Gasteiger charge is 2.05. The zero-order valence-corrected chi connectivity index (χ0v) is 9.23. The molecule has 0 fully saturated rings. The fourth-order valence-electron chi connectivity index (χ4n) is 1.11. The van der Waals surface area contributed by atoms with Crippen LogP contribution < -0.4 is 0 Å². The van der Waals surface area contributed by atoms with Crippen molar-refractivity contribution in [3.05, 3.63) is 30.3 Å². The number of hydrogen-bond donors (Lipinski definition) is 0.